The molecule has 0 spiro atoms. The molecular formula is C22H22O10. The standard InChI is InChI=1S/C22H22O10/c1-8-4-11(18(28)17(8)27)22(30)32-21-19(29)16-14(26)6-10(23)7-15(16)31-20(21)9-2-3-12(24)13(25)5-9/h2-3,5-8,11,17-18,22-28,30H,4H2,1H3. The van der Waals surface area contributed by atoms with E-state index in [-0.39, 0.29) is 40.4 Å². The normalized spacial score (nSPS) is 24.0. The fraction of sp³-hybridized carbons (Fsp3) is 0.318. The average Bonchev–Trinajstić information content (AvgIpc) is 2.98. The molecule has 0 saturated heterocycles. The number of aliphatic hydroxyl groups is 3. The van der Waals surface area contributed by atoms with E-state index < -0.39 is 52.8 Å². The number of fused-ring (bicyclic) bond motifs is 1. The van der Waals surface area contributed by atoms with E-state index in [9.17, 15) is 40.5 Å². The Labute approximate surface area is 180 Å². The lowest BCUT2D eigenvalue weighted by molar-refractivity contribution is -0.105. The van der Waals surface area contributed by atoms with Gasteiger partial charge in [-0.25, -0.2) is 0 Å². The molecule has 1 aliphatic rings. The summed E-state index contributed by atoms with van der Waals surface area (Å²) in [7, 11) is 0. The zero-order valence-corrected chi connectivity index (χ0v) is 16.8. The first kappa shape index (κ1) is 21.8. The number of hydrogen-bond donors (Lipinski definition) is 7. The van der Waals surface area contributed by atoms with E-state index in [0.29, 0.717) is 0 Å². The van der Waals surface area contributed by atoms with Gasteiger partial charge in [0.15, 0.2) is 17.3 Å². The van der Waals surface area contributed by atoms with Crippen LogP contribution in [0.25, 0.3) is 22.3 Å². The fourth-order valence-electron chi connectivity index (χ4n) is 4.02. The number of ether oxygens (including phenoxy) is 1. The lowest BCUT2D eigenvalue weighted by Crippen LogP contribution is -2.37. The Morgan fingerprint density at radius 1 is 1.00 bits per heavy atom. The number of aliphatic hydroxyl groups excluding tert-OH is 3. The van der Waals surface area contributed by atoms with Crippen LogP contribution in [0.1, 0.15) is 13.3 Å². The molecule has 5 unspecified atom stereocenters. The third kappa shape index (κ3) is 3.58. The van der Waals surface area contributed by atoms with Crippen LogP contribution in [-0.4, -0.2) is 54.2 Å². The van der Waals surface area contributed by atoms with Crippen molar-refractivity contribution in [2.75, 3.05) is 0 Å². The fourth-order valence-corrected chi connectivity index (χ4v) is 4.02. The molecule has 0 aliphatic heterocycles. The van der Waals surface area contributed by atoms with Crippen molar-refractivity contribution in [1.29, 1.82) is 0 Å². The first-order valence-corrected chi connectivity index (χ1v) is 9.84. The van der Waals surface area contributed by atoms with E-state index >= 15 is 0 Å². The quantitative estimate of drug-likeness (QED) is 0.228. The lowest BCUT2D eigenvalue weighted by Gasteiger charge is -2.23. The highest BCUT2D eigenvalue weighted by molar-refractivity contribution is 5.88. The Hall–Kier alpha value is -3.47. The van der Waals surface area contributed by atoms with Gasteiger partial charge in [-0.05, 0) is 30.5 Å². The molecule has 0 bridgehead atoms. The van der Waals surface area contributed by atoms with Crippen molar-refractivity contribution in [3.8, 4) is 40.1 Å². The van der Waals surface area contributed by atoms with Gasteiger partial charge in [0.1, 0.15) is 22.5 Å². The Balaban J connectivity index is 1.88. The van der Waals surface area contributed by atoms with Crippen LogP contribution in [0.15, 0.2) is 39.5 Å². The summed E-state index contributed by atoms with van der Waals surface area (Å²) >= 11 is 0. The maximum atomic E-state index is 13.2. The molecule has 1 aliphatic carbocycles. The number of phenolic OH excluding ortho intramolecular Hbond substituents is 4. The number of hydrogen-bond acceptors (Lipinski definition) is 10. The summed E-state index contributed by atoms with van der Waals surface area (Å²) in [5.74, 6) is -3.92. The highest BCUT2D eigenvalue weighted by Gasteiger charge is 2.44. The Bertz CT molecular complexity index is 1230. The molecule has 1 saturated carbocycles. The summed E-state index contributed by atoms with van der Waals surface area (Å²) < 4.78 is 11.2. The maximum absolute atomic E-state index is 13.2. The van der Waals surface area contributed by atoms with Crippen LogP contribution in [0.5, 0.6) is 28.7 Å². The van der Waals surface area contributed by atoms with Gasteiger partial charge in [-0.3, -0.25) is 4.79 Å². The number of benzene rings is 2. The van der Waals surface area contributed by atoms with Crippen LogP contribution < -0.4 is 10.2 Å². The topological polar surface area (TPSA) is 181 Å². The van der Waals surface area contributed by atoms with Crippen molar-refractivity contribution in [3.63, 3.8) is 0 Å². The number of aromatic hydroxyl groups is 4. The van der Waals surface area contributed by atoms with E-state index in [1.165, 1.54) is 6.07 Å². The molecule has 32 heavy (non-hydrogen) atoms. The number of rotatable bonds is 4. The Kier molecular flexibility index (Phi) is 5.37. The molecule has 1 aromatic heterocycles. The van der Waals surface area contributed by atoms with Crippen molar-refractivity contribution in [1.82, 2.24) is 0 Å². The van der Waals surface area contributed by atoms with E-state index in [4.69, 9.17) is 9.15 Å². The van der Waals surface area contributed by atoms with Gasteiger partial charge in [0.25, 0.3) is 0 Å². The van der Waals surface area contributed by atoms with E-state index in [1.807, 2.05) is 0 Å². The van der Waals surface area contributed by atoms with Crippen LogP contribution in [-0.2, 0) is 0 Å². The van der Waals surface area contributed by atoms with E-state index in [0.717, 1.165) is 24.3 Å². The van der Waals surface area contributed by atoms with Crippen LogP contribution >= 0.6 is 0 Å². The largest absolute Gasteiger partial charge is 0.508 e. The first-order chi connectivity index (χ1) is 15.1. The van der Waals surface area contributed by atoms with Crippen LogP contribution in [0.3, 0.4) is 0 Å². The number of phenols is 4. The van der Waals surface area contributed by atoms with Crippen molar-refractivity contribution < 1.29 is 44.9 Å². The summed E-state index contributed by atoms with van der Waals surface area (Å²) in [5.41, 5.74) is -0.988. The minimum absolute atomic E-state index is 0.0877. The first-order valence-electron chi connectivity index (χ1n) is 9.84. The zero-order valence-electron chi connectivity index (χ0n) is 16.8. The third-order valence-corrected chi connectivity index (χ3v) is 5.78. The van der Waals surface area contributed by atoms with Gasteiger partial charge in [-0.1, -0.05) is 6.92 Å². The molecule has 10 heteroatoms. The summed E-state index contributed by atoms with van der Waals surface area (Å²) in [5, 5.41) is 69.9. The summed E-state index contributed by atoms with van der Waals surface area (Å²) in [6.07, 6.45) is -3.86. The van der Waals surface area contributed by atoms with Crippen LogP contribution in [0, 0.1) is 11.8 Å². The van der Waals surface area contributed by atoms with Gasteiger partial charge in [0.05, 0.1) is 18.1 Å². The predicted molar refractivity (Wildman–Crippen MR) is 110 cm³/mol. The predicted octanol–water partition coefficient (Wildman–Crippen LogP) is 1.36. The molecule has 7 N–H and O–H groups in total. The van der Waals surface area contributed by atoms with Gasteiger partial charge < -0.3 is 44.9 Å². The third-order valence-electron chi connectivity index (χ3n) is 5.78. The molecule has 4 rings (SSSR count). The monoisotopic (exact) mass is 446 g/mol. The van der Waals surface area contributed by atoms with Gasteiger partial charge in [0.2, 0.25) is 17.5 Å². The highest BCUT2D eigenvalue weighted by atomic mass is 16.6. The molecule has 170 valence electrons. The minimum Gasteiger partial charge on any atom is -0.508 e. The van der Waals surface area contributed by atoms with Crippen molar-refractivity contribution >= 4 is 11.0 Å². The SMILES string of the molecule is CC1CC(C(O)Oc2c(-c3ccc(O)c(O)c3)oc3cc(O)cc(O)c3c2=O)C(O)C1O. The molecule has 10 nitrogen and oxygen atoms in total. The molecule has 5 atom stereocenters. The second kappa shape index (κ2) is 7.90. The molecule has 2 aromatic carbocycles. The highest BCUT2D eigenvalue weighted by Crippen LogP contribution is 2.40. The minimum atomic E-state index is -1.71. The second-order valence-corrected chi connectivity index (χ2v) is 8.00. The summed E-state index contributed by atoms with van der Waals surface area (Å²) in [4.78, 5) is 13.2. The molecule has 3 aromatic rings. The van der Waals surface area contributed by atoms with E-state index in [1.54, 1.807) is 6.92 Å². The second-order valence-electron chi connectivity index (χ2n) is 8.00. The van der Waals surface area contributed by atoms with Crippen molar-refractivity contribution in [2.45, 2.75) is 31.8 Å². The zero-order chi connectivity index (χ0) is 23.3. The molecule has 0 amide bonds. The summed E-state index contributed by atoms with van der Waals surface area (Å²) in [6, 6.07) is 5.59. The van der Waals surface area contributed by atoms with E-state index in [2.05, 4.69) is 0 Å². The molecular weight excluding hydrogens is 424 g/mol. The van der Waals surface area contributed by atoms with Crippen LogP contribution in [0.4, 0.5) is 0 Å². The molecule has 0 radical (unpaired) electrons. The van der Waals surface area contributed by atoms with Crippen molar-refractivity contribution in [3.05, 3.63) is 40.6 Å². The Morgan fingerprint density at radius 2 is 1.72 bits per heavy atom. The maximum Gasteiger partial charge on any atom is 0.239 e. The molecule has 1 fully saturated rings. The van der Waals surface area contributed by atoms with Gasteiger partial charge in [-0.15, -0.1) is 0 Å². The molecule has 1 heterocycles. The van der Waals surface area contributed by atoms with Gasteiger partial charge in [0, 0.05) is 17.7 Å². The summed E-state index contributed by atoms with van der Waals surface area (Å²) in [6.45, 7) is 1.69. The van der Waals surface area contributed by atoms with Crippen molar-refractivity contribution in [2.24, 2.45) is 11.8 Å². The smallest absolute Gasteiger partial charge is 0.239 e. The van der Waals surface area contributed by atoms with Gasteiger partial charge >= 0.3 is 0 Å². The Morgan fingerprint density at radius 3 is 2.34 bits per heavy atom. The average molecular weight is 446 g/mol. The van der Waals surface area contributed by atoms with Gasteiger partial charge in [-0.2, -0.15) is 0 Å². The lowest BCUT2D eigenvalue weighted by atomic mass is 10.0. The van der Waals surface area contributed by atoms with Crippen LogP contribution in [0.2, 0.25) is 0 Å².